The maximum atomic E-state index is 11.9. The first-order chi connectivity index (χ1) is 10.1. The fourth-order valence-electron chi connectivity index (χ4n) is 1.46. The summed E-state index contributed by atoms with van der Waals surface area (Å²) in [6.45, 7) is 7.59. The van der Waals surface area contributed by atoms with Crippen LogP contribution in [0, 0.1) is 0 Å². The van der Waals surface area contributed by atoms with Gasteiger partial charge < -0.3 is 14.2 Å². The number of hydrogen-bond acceptors (Lipinski definition) is 5. The van der Waals surface area contributed by atoms with Crippen molar-refractivity contribution >= 4 is 11.9 Å². The zero-order valence-corrected chi connectivity index (χ0v) is 12.3. The smallest absolute Gasteiger partial charge is 0.340 e. The topological polar surface area (TPSA) is 61.8 Å². The van der Waals surface area contributed by atoms with Gasteiger partial charge in [0.1, 0.15) is 5.75 Å². The highest BCUT2D eigenvalue weighted by Crippen LogP contribution is 2.14. The van der Waals surface area contributed by atoms with Gasteiger partial charge in [-0.1, -0.05) is 19.9 Å². The Bertz CT molecular complexity index is 478. The van der Waals surface area contributed by atoms with Gasteiger partial charge in [0.25, 0.3) is 0 Å². The molecule has 5 heteroatoms. The molecule has 21 heavy (non-hydrogen) atoms. The maximum absolute atomic E-state index is 11.9. The summed E-state index contributed by atoms with van der Waals surface area (Å²) < 4.78 is 15.4. The third-order valence-electron chi connectivity index (χ3n) is 2.60. The Morgan fingerprint density at radius 1 is 1.29 bits per heavy atom. The van der Waals surface area contributed by atoms with Crippen LogP contribution in [0.15, 0.2) is 36.9 Å². The Morgan fingerprint density at radius 3 is 2.52 bits per heavy atom. The number of benzene rings is 1. The average Bonchev–Trinajstić information content (AvgIpc) is 2.48. The van der Waals surface area contributed by atoms with Crippen molar-refractivity contribution in [2.75, 3.05) is 6.61 Å². The maximum Gasteiger partial charge on any atom is 0.340 e. The Hall–Kier alpha value is -2.14. The van der Waals surface area contributed by atoms with Gasteiger partial charge in [0.05, 0.1) is 12.2 Å². The molecule has 0 amide bonds. The van der Waals surface area contributed by atoms with Gasteiger partial charge in [0, 0.05) is 6.08 Å². The molecule has 0 aliphatic carbocycles. The van der Waals surface area contributed by atoms with E-state index in [-0.39, 0.29) is 0 Å². The lowest BCUT2D eigenvalue weighted by molar-refractivity contribution is -0.128. The second-order valence-electron chi connectivity index (χ2n) is 4.35. The molecule has 0 N–H and O–H groups in total. The molecule has 1 aromatic carbocycles. The summed E-state index contributed by atoms with van der Waals surface area (Å²) in [5.41, 5.74) is 0.361. The van der Waals surface area contributed by atoms with Crippen LogP contribution < -0.4 is 4.74 Å². The van der Waals surface area contributed by atoms with Crippen LogP contribution in [0.2, 0.25) is 0 Å². The molecule has 0 aromatic heterocycles. The quantitative estimate of drug-likeness (QED) is 0.242. The van der Waals surface area contributed by atoms with E-state index in [2.05, 4.69) is 13.5 Å². The molecule has 0 radical (unpaired) electrons. The lowest BCUT2D eigenvalue weighted by atomic mass is 10.2. The van der Waals surface area contributed by atoms with Gasteiger partial charge in [-0.3, -0.25) is 0 Å². The van der Waals surface area contributed by atoms with Crippen molar-refractivity contribution in [2.45, 2.75) is 33.0 Å². The Morgan fingerprint density at radius 2 is 1.95 bits per heavy atom. The number of carbonyl (C=O) groups excluding carboxylic acids is 2. The normalized spacial score (nSPS) is 11.5. The van der Waals surface area contributed by atoms with Crippen LogP contribution in [0.4, 0.5) is 0 Å². The van der Waals surface area contributed by atoms with Crippen LogP contribution in [-0.4, -0.2) is 24.8 Å². The highest BCUT2D eigenvalue weighted by atomic mass is 16.7. The zero-order valence-electron chi connectivity index (χ0n) is 12.3. The van der Waals surface area contributed by atoms with Crippen molar-refractivity contribution in [3.63, 3.8) is 0 Å². The van der Waals surface area contributed by atoms with E-state index in [1.165, 1.54) is 24.3 Å². The molecule has 0 fully saturated rings. The van der Waals surface area contributed by atoms with Gasteiger partial charge in [-0.2, -0.15) is 0 Å². The van der Waals surface area contributed by atoms with Gasteiger partial charge in [0.15, 0.2) is 6.29 Å². The van der Waals surface area contributed by atoms with Crippen LogP contribution in [0.3, 0.4) is 0 Å². The summed E-state index contributed by atoms with van der Waals surface area (Å²) in [5.74, 6) is -0.701. The SMILES string of the molecule is C=CC(=O)Oc1ccc(C(=O)OC(C)OCCCC)cc1. The molecule has 1 rings (SSSR count). The van der Waals surface area contributed by atoms with Crippen LogP contribution in [-0.2, 0) is 14.3 Å². The van der Waals surface area contributed by atoms with Gasteiger partial charge in [-0.15, -0.1) is 0 Å². The van der Waals surface area contributed by atoms with Gasteiger partial charge in [0.2, 0.25) is 0 Å². The Balaban J connectivity index is 2.50. The summed E-state index contributed by atoms with van der Waals surface area (Å²) in [6.07, 6.45) is 2.41. The predicted molar refractivity (Wildman–Crippen MR) is 78.0 cm³/mol. The van der Waals surface area contributed by atoms with Crippen LogP contribution >= 0.6 is 0 Å². The Kier molecular flexibility index (Phi) is 7.18. The molecule has 0 heterocycles. The monoisotopic (exact) mass is 292 g/mol. The minimum atomic E-state index is -0.595. The highest BCUT2D eigenvalue weighted by molar-refractivity contribution is 5.89. The van der Waals surface area contributed by atoms with E-state index in [0.29, 0.717) is 17.9 Å². The molecule has 0 bridgehead atoms. The lowest BCUT2D eigenvalue weighted by Crippen LogP contribution is -2.18. The predicted octanol–water partition coefficient (Wildman–Crippen LogP) is 3.10. The molecule has 5 nitrogen and oxygen atoms in total. The number of rotatable bonds is 8. The summed E-state index contributed by atoms with van der Waals surface area (Å²) in [6, 6.07) is 6.07. The first-order valence-electron chi connectivity index (χ1n) is 6.83. The number of esters is 2. The average molecular weight is 292 g/mol. The summed E-state index contributed by atoms with van der Waals surface area (Å²) in [7, 11) is 0. The lowest BCUT2D eigenvalue weighted by Gasteiger charge is -2.14. The zero-order chi connectivity index (χ0) is 15.7. The molecule has 0 spiro atoms. The van der Waals surface area contributed by atoms with Crippen molar-refractivity contribution in [1.82, 2.24) is 0 Å². The summed E-state index contributed by atoms with van der Waals surface area (Å²) >= 11 is 0. The van der Waals surface area contributed by atoms with E-state index in [1.54, 1.807) is 6.92 Å². The molecule has 1 atom stereocenters. The molecular formula is C16H20O5. The number of hydrogen-bond donors (Lipinski definition) is 0. The van der Waals surface area contributed by atoms with E-state index in [0.717, 1.165) is 18.9 Å². The van der Waals surface area contributed by atoms with Crippen molar-refractivity contribution in [1.29, 1.82) is 0 Å². The molecule has 114 valence electrons. The second kappa shape index (κ2) is 8.92. The van der Waals surface area contributed by atoms with Crippen molar-refractivity contribution in [2.24, 2.45) is 0 Å². The van der Waals surface area contributed by atoms with Crippen molar-refractivity contribution < 1.29 is 23.8 Å². The van der Waals surface area contributed by atoms with Gasteiger partial charge in [-0.25, -0.2) is 9.59 Å². The van der Waals surface area contributed by atoms with Gasteiger partial charge >= 0.3 is 11.9 Å². The second-order valence-corrected chi connectivity index (χ2v) is 4.35. The molecular weight excluding hydrogens is 272 g/mol. The van der Waals surface area contributed by atoms with Crippen molar-refractivity contribution in [3.05, 3.63) is 42.5 Å². The molecule has 1 unspecified atom stereocenters. The summed E-state index contributed by atoms with van der Waals surface area (Å²) in [5, 5.41) is 0. The molecule has 1 aromatic rings. The Labute approximate surface area is 124 Å². The molecule has 0 aliphatic rings. The van der Waals surface area contributed by atoms with E-state index in [9.17, 15) is 9.59 Å². The third kappa shape index (κ3) is 6.23. The molecule has 0 aliphatic heterocycles. The number of carbonyl (C=O) groups is 2. The van der Waals surface area contributed by atoms with E-state index < -0.39 is 18.2 Å². The van der Waals surface area contributed by atoms with Crippen LogP contribution in [0.5, 0.6) is 5.75 Å². The third-order valence-corrected chi connectivity index (χ3v) is 2.60. The standard InChI is InChI=1S/C16H20O5/c1-4-6-11-19-12(3)20-16(18)13-7-9-14(10-8-13)21-15(17)5-2/h5,7-10,12H,2,4,6,11H2,1,3H3. The fourth-order valence-corrected chi connectivity index (χ4v) is 1.46. The summed E-state index contributed by atoms with van der Waals surface area (Å²) in [4.78, 5) is 22.9. The largest absolute Gasteiger partial charge is 0.432 e. The fraction of sp³-hybridized carbons (Fsp3) is 0.375. The van der Waals surface area contributed by atoms with Gasteiger partial charge in [-0.05, 0) is 37.6 Å². The molecule has 0 saturated heterocycles. The van der Waals surface area contributed by atoms with Crippen molar-refractivity contribution in [3.8, 4) is 5.75 Å². The first kappa shape index (κ1) is 16.9. The van der Waals surface area contributed by atoms with E-state index >= 15 is 0 Å². The van der Waals surface area contributed by atoms with E-state index in [1.807, 2.05) is 0 Å². The van der Waals surface area contributed by atoms with E-state index in [4.69, 9.17) is 14.2 Å². The highest BCUT2D eigenvalue weighted by Gasteiger charge is 2.12. The number of unbranched alkanes of at least 4 members (excludes halogenated alkanes) is 1. The minimum absolute atomic E-state index is 0.337. The number of ether oxygens (including phenoxy) is 3. The van der Waals surface area contributed by atoms with Crippen LogP contribution in [0.1, 0.15) is 37.0 Å². The minimum Gasteiger partial charge on any atom is -0.432 e. The molecule has 0 saturated carbocycles. The van der Waals surface area contributed by atoms with Crippen LogP contribution in [0.25, 0.3) is 0 Å². The first-order valence-corrected chi connectivity index (χ1v) is 6.83.